The number of ether oxygens (including phenoxy) is 4. The summed E-state index contributed by atoms with van der Waals surface area (Å²) in [6, 6.07) is 40.6. The van der Waals surface area contributed by atoms with E-state index >= 15 is 0 Å². The Labute approximate surface area is 424 Å². The first kappa shape index (κ1) is 50.8. The maximum Gasteiger partial charge on any atom is 0.210 e. The van der Waals surface area contributed by atoms with Crippen molar-refractivity contribution >= 4 is 45.5 Å². The van der Waals surface area contributed by atoms with Crippen LogP contribution in [0.5, 0.6) is 11.5 Å². The van der Waals surface area contributed by atoms with Crippen LogP contribution >= 0.6 is 0 Å². The van der Waals surface area contributed by atoms with Crippen molar-refractivity contribution in [3.63, 3.8) is 0 Å². The molecule has 0 amide bonds. The zero-order valence-electron chi connectivity index (χ0n) is 43.5. The second kappa shape index (κ2) is 23.6. The number of anilines is 6. The standard InChI is InChI=1S/C62H75N5O4/c1-9-11-37-70-52-25-17-23-48(41-52)63-50-29-31-56-54(43-50)61(3,4)58(66(56)35-39-68-7)33-27-45-19-16-20-46(60(45)65-47-21-14-13-15-22-47)28-34-59-62(5,6)55-44-51(30-32-57(55)67(59)36-40-69-8)64-49-24-18-26-53(42-49)71-38-12-10-2/h13-15,17-18,21-34,41-44,63-64H,9-12,16,19-20,35-40H2,1-8H3/p+1/b45-27+,58-33-. The molecule has 0 saturated heterocycles. The summed E-state index contributed by atoms with van der Waals surface area (Å²) in [4.78, 5) is 2.45. The van der Waals surface area contributed by atoms with Gasteiger partial charge < -0.3 is 39.8 Å². The van der Waals surface area contributed by atoms with Gasteiger partial charge >= 0.3 is 0 Å². The average Bonchev–Trinajstić information content (AvgIpc) is 3.71. The van der Waals surface area contributed by atoms with E-state index in [4.69, 9.17) is 18.9 Å². The number of methoxy groups -OCH3 is 2. The molecular formula is C62H76N5O4+. The van der Waals surface area contributed by atoms with E-state index in [-0.39, 0.29) is 10.8 Å². The molecule has 1 aliphatic carbocycles. The Bertz CT molecular complexity index is 2780. The summed E-state index contributed by atoms with van der Waals surface area (Å²) >= 11 is 0. The second-order valence-corrected chi connectivity index (χ2v) is 19.9. The molecular weight excluding hydrogens is 879 g/mol. The smallest absolute Gasteiger partial charge is 0.210 e. The van der Waals surface area contributed by atoms with Crippen LogP contribution in [0.3, 0.4) is 0 Å². The van der Waals surface area contributed by atoms with Crippen LogP contribution < -0.4 is 30.3 Å². The van der Waals surface area contributed by atoms with Gasteiger partial charge in [-0.25, -0.2) is 0 Å². The molecule has 9 heteroatoms. The summed E-state index contributed by atoms with van der Waals surface area (Å²) in [5, 5.41) is 11.3. The molecule has 2 aliphatic heterocycles. The number of hydrogen-bond donors (Lipinski definition) is 3. The first-order valence-corrected chi connectivity index (χ1v) is 25.9. The van der Waals surface area contributed by atoms with Crippen molar-refractivity contribution < 1.29 is 23.5 Å². The fourth-order valence-corrected chi connectivity index (χ4v) is 10.1. The van der Waals surface area contributed by atoms with Crippen molar-refractivity contribution in [2.24, 2.45) is 0 Å². The fraction of sp³-hybridized carbons (Fsp3) is 0.371. The van der Waals surface area contributed by atoms with Crippen molar-refractivity contribution in [2.45, 2.75) is 97.3 Å². The van der Waals surface area contributed by atoms with Gasteiger partial charge in [-0.05, 0) is 135 Å². The summed E-state index contributed by atoms with van der Waals surface area (Å²) in [6.45, 7) is 17.9. The molecule has 2 heterocycles. The third kappa shape index (κ3) is 12.0. The molecule has 0 saturated carbocycles. The molecule has 0 fully saturated rings. The predicted molar refractivity (Wildman–Crippen MR) is 296 cm³/mol. The molecule has 71 heavy (non-hydrogen) atoms. The van der Waals surface area contributed by atoms with E-state index < -0.39 is 0 Å². The minimum atomic E-state index is -0.273. The third-order valence-corrected chi connectivity index (χ3v) is 14.1. The first-order valence-electron chi connectivity index (χ1n) is 25.9. The molecule has 0 bridgehead atoms. The van der Waals surface area contributed by atoms with Crippen molar-refractivity contribution in [1.29, 1.82) is 0 Å². The number of nitrogens with zero attached hydrogens (tertiary/aromatic N) is 2. The van der Waals surface area contributed by atoms with Crippen molar-refractivity contribution in [2.75, 3.05) is 74.6 Å². The summed E-state index contributed by atoms with van der Waals surface area (Å²) < 4.78 is 25.9. The molecule has 0 unspecified atom stereocenters. The van der Waals surface area contributed by atoms with Gasteiger partial charge in [-0.1, -0.05) is 83.0 Å². The highest BCUT2D eigenvalue weighted by Crippen LogP contribution is 2.49. The molecule has 0 atom stereocenters. The SMILES string of the molecule is CCCCOc1cccc(Nc2ccc3c(c2)C(C)(C)C(/C=C/C2=C(Nc4ccccc4)C(=C/C=C4\N(CCOC)c5ccc(Nc6cccc(OCCCC)c6)cc5C4(C)C)/CCC2)=[N+]3CCOC)c1. The molecule has 9 nitrogen and oxygen atoms in total. The van der Waals surface area contributed by atoms with Gasteiger partial charge in [-0.2, -0.15) is 4.58 Å². The van der Waals surface area contributed by atoms with Crippen LogP contribution in [0.1, 0.15) is 97.6 Å². The van der Waals surface area contributed by atoms with Crippen molar-refractivity contribution in [3.05, 3.63) is 173 Å². The summed E-state index contributed by atoms with van der Waals surface area (Å²) in [5.74, 6) is 1.77. The van der Waals surface area contributed by atoms with Crippen LogP contribution in [0, 0.1) is 0 Å². The van der Waals surface area contributed by atoms with Gasteiger partial charge in [-0.15, -0.1) is 0 Å². The Morgan fingerprint density at radius 2 is 1.21 bits per heavy atom. The number of para-hydroxylation sites is 1. The van der Waals surface area contributed by atoms with Crippen LogP contribution in [0.4, 0.5) is 39.8 Å². The lowest BCUT2D eigenvalue weighted by atomic mass is 9.80. The summed E-state index contributed by atoms with van der Waals surface area (Å²) in [6.07, 6.45) is 16.8. The van der Waals surface area contributed by atoms with Gasteiger partial charge in [0.15, 0.2) is 12.3 Å². The van der Waals surface area contributed by atoms with Crippen LogP contribution in [-0.2, 0) is 20.3 Å². The Morgan fingerprint density at radius 3 is 1.86 bits per heavy atom. The van der Waals surface area contributed by atoms with Crippen molar-refractivity contribution in [1.82, 2.24) is 0 Å². The highest BCUT2D eigenvalue weighted by Gasteiger charge is 2.45. The minimum absolute atomic E-state index is 0.273. The number of unbranched alkanes of at least 4 members (excludes halogenated alkanes) is 2. The van der Waals surface area contributed by atoms with E-state index in [1.807, 2.05) is 12.1 Å². The van der Waals surface area contributed by atoms with Gasteiger partial charge in [0.05, 0.1) is 25.2 Å². The van der Waals surface area contributed by atoms with Crippen molar-refractivity contribution in [3.8, 4) is 11.5 Å². The van der Waals surface area contributed by atoms with Gasteiger partial charge in [0.1, 0.15) is 18.1 Å². The number of allylic oxidation sites excluding steroid dienone is 7. The largest absolute Gasteiger partial charge is 0.494 e. The van der Waals surface area contributed by atoms with E-state index in [2.05, 4.69) is 194 Å². The highest BCUT2D eigenvalue weighted by molar-refractivity contribution is 6.03. The molecule has 372 valence electrons. The molecule has 8 rings (SSSR count). The Morgan fingerprint density at radius 1 is 0.592 bits per heavy atom. The Hall–Kier alpha value is -6.55. The van der Waals surface area contributed by atoms with E-state index in [9.17, 15) is 0 Å². The molecule has 0 aromatic heterocycles. The fourth-order valence-electron chi connectivity index (χ4n) is 10.1. The van der Waals surface area contributed by atoms with E-state index in [0.717, 1.165) is 111 Å². The molecule has 3 aliphatic rings. The van der Waals surface area contributed by atoms with E-state index in [1.54, 1.807) is 14.2 Å². The molecule has 0 spiro atoms. The monoisotopic (exact) mass is 955 g/mol. The number of rotatable bonds is 23. The van der Waals surface area contributed by atoms with Crippen LogP contribution in [0.2, 0.25) is 0 Å². The molecule has 3 N–H and O–H groups in total. The topological polar surface area (TPSA) is 79.3 Å². The summed E-state index contributed by atoms with van der Waals surface area (Å²) in [7, 11) is 3.57. The number of benzene rings is 5. The quantitative estimate of drug-likeness (QED) is 0.0441. The molecule has 5 aromatic rings. The van der Waals surface area contributed by atoms with Crippen LogP contribution in [-0.4, -0.2) is 64.0 Å². The first-order chi connectivity index (χ1) is 34.5. The number of fused-ring (bicyclic) bond motifs is 2. The van der Waals surface area contributed by atoms with Gasteiger partial charge in [-0.3, -0.25) is 0 Å². The van der Waals surface area contributed by atoms with Gasteiger partial charge in [0.2, 0.25) is 5.69 Å². The highest BCUT2D eigenvalue weighted by atomic mass is 16.5. The third-order valence-electron chi connectivity index (χ3n) is 14.1. The lowest BCUT2D eigenvalue weighted by Gasteiger charge is -2.27. The van der Waals surface area contributed by atoms with Gasteiger partial charge in [0.25, 0.3) is 0 Å². The zero-order chi connectivity index (χ0) is 49.8. The Balaban J connectivity index is 1.11. The van der Waals surface area contributed by atoms with Crippen LogP contribution in [0.25, 0.3) is 0 Å². The van der Waals surface area contributed by atoms with Gasteiger partial charge in [0, 0.05) is 102 Å². The van der Waals surface area contributed by atoms with Crippen LogP contribution in [0.15, 0.2) is 162 Å². The summed E-state index contributed by atoms with van der Waals surface area (Å²) in [5.41, 5.74) is 15.9. The number of nitrogens with one attached hydrogen (secondary N) is 3. The maximum absolute atomic E-state index is 6.03. The normalized spacial score (nSPS) is 17.0. The lowest BCUT2D eigenvalue weighted by molar-refractivity contribution is -0.441. The number of hydrogen-bond acceptors (Lipinski definition) is 8. The zero-order valence-corrected chi connectivity index (χ0v) is 43.5. The maximum atomic E-state index is 6.03. The second-order valence-electron chi connectivity index (χ2n) is 19.9. The van der Waals surface area contributed by atoms with E-state index in [0.29, 0.717) is 13.2 Å². The molecule has 5 aromatic carbocycles. The minimum Gasteiger partial charge on any atom is -0.494 e. The predicted octanol–water partition coefficient (Wildman–Crippen LogP) is 14.9. The van der Waals surface area contributed by atoms with E-state index in [1.165, 1.54) is 50.8 Å². The Kier molecular flexibility index (Phi) is 16.9. The average molecular weight is 955 g/mol. The lowest BCUT2D eigenvalue weighted by Crippen LogP contribution is -2.29. The molecule has 0 radical (unpaired) electrons.